The Kier molecular flexibility index (Phi) is 14.9. The number of amides is 3. The van der Waals surface area contributed by atoms with Crippen LogP contribution in [0.3, 0.4) is 0 Å². The number of hydrogen-bond acceptors (Lipinski definition) is 11. The van der Waals surface area contributed by atoms with Crippen molar-refractivity contribution in [1.29, 1.82) is 0 Å². The van der Waals surface area contributed by atoms with E-state index in [1.165, 1.54) is 11.3 Å². The third-order valence-electron chi connectivity index (χ3n) is 8.95. The number of carbonyl (C=O) groups is 4. The van der Waals surface area contributed by atoms with Gasteiger partial charge >= 0.3 is 0 Å². The van der Waals surface area contributed by atoms with E-state index in [-0.39, 0.29) is 31.6 Å². The number of thiazole rings is 1. The molecule has 3 N–H and O–H groups in total. The maximum absolute atomic E-state index is 13.5. The van der Waals surface area contributed by atoms with Gasteiger partial charge in [0.1, 0.15) is 24.8 Å². The SMILES string of the molecule is CC(C)(C)C(NC(=O)COCCOCCOCCNC(=O)C1(Cc2cccc(Nc3nccs3)n2)CCCCC1)C(=O)N1CCC[C@H]1C=O. The van der Waals surface area contributed by atoms with Crippen molar-refractivity contribution in [1.82, 2.24) is 25.5 Å². The number of nitrogens with zero attached hydrogens (tertiary/aromatic N) is 3. The summed E-state index contributed by atoms with van der Waals surface area (Å²) in [6.45, 7) is 7.90. The van der Waals surface area contributed by atoms with Crippen LogP contribution in [0.15, 0.2) is 29.8 Å². The average molecular weight is 701 g/mol. The number of rotatable bonds is 19. The molecule has 13 nitrogen and oxygen atoms in total. The largest absolute Gasteiger partial charge is 0.377 e. The van der Waals surface area contributed by atoms with Crippen LogP contribution < -0.4 is 16.0 Å². The van der Waals surface area contributed by atoms with E-state index < -0.39 is 28.8 Å². The molecule has 1 saturated heterocycles. The van der Waals surface area contributed by atoms with Gasteiger partial charge in [0.05, 0.1) is 44.5 Å². The predicted octanol–water partition coefficient (Wildman–Crippen LogP) is 3.66. The fourth-order valence-electron chi connectivity index (χ4n) is 6.36. The first-order chi connectivity index (χ1) is 23.6. The molecule has 2 aromatic rings. The Balaban J connectivity index is 1.08. The van der Waals surface area contributed by atoms with Crippen molar-refractivity contribution in [3.63, 3.8) is 0 Å². The molecule has 3 amide bonds. The standard InChI is InChI=1S/C35H52N6O7S/c1-34(2,3)30(31(44)41-16-8-10-27(41)24-42)40-29(43)25-48-21-20-47-19-18-46-17-14-36-32(45)35(12-5-4-6-13-35)23-26-9-7-11-28(38-26)39-33-37-15-22-49-33/h7,9,11,15,22,24,27,30H,4-6,8,10,12-14,16-21,23,25H2,1-3H3,(H,36,45)(H,40,43)(H,37,38,39)/t27-,30?/m0/s1. The molecule has 2 atom stereocenters. The molecule has 4 rings (SSSR count). The van der Waals surface area contributed by atoms with E-state index in [0.29, 0.717) is 45.8 Å². The van der Waals surface area contributed by atoms with Crippen LogP contribution in [0.25, 0.3) is 0 Å². The van der Waals surface area contributed by atoms with Gasteiger partial charge in [-0.3, -0.25) is 14.4 Å². The molecule has 0 aromatic carbocycles. The van der Waals surface area contributed by atoms with E-state index in [4.69, 9.17) is 19.2 Å². The molecule has 1 unspecified atom stereocenters. The Bertz CT molecular complexity index is 1350. The highest BCUT2D eigenvalue weighted by molar-refractivity contribution is 7.13. The van der Waals surface area contributed by atoms with Crippen molar-refractivity contribution in [3.05, 3.63) is 35.5 Å². The zero-order valence-electron chi connectivity index (χ0n) is 29.0. The lowest BCUT2D eigenvalue weighted by Gasteiger charge is -2.35. The Labute approximate surface area is 293 Å². The molecule has 2 aromatic heterocycles. The summed E-state index contributed by atoms with van der Waals surface area (Å²) in [6, 6.07) is 4.64. The zero-order valence-corrected chi connectivity index (χ0v) is 29.9. The smallest absolute Gasteiger partial charge is 0.246 e. The Morgan fingerprint density at radius 3 is 2.47 bits per heavy atom. The van der Waals surface area contributed by atoms with Crippen LogP contribution in [0.5, 0.6) is 0 Å². The maximum Gasteiger partial charge on any atom is 0.246 e. The van der Waals surface area contributed by atoms with Gasteiger partial charge in [-0.05, 0) is 43.2 Å². The van der Waals surface area contributed by atoms with Gasteiger partial charge < -0.3 is 39.9 Å². The molecule has 1 aliphatic heterocycles. The molecular weight excluding hydrogens is 648 g/mol. The van der Waals surface area contributed by atoms with Crippen molar-refractivity contribution in [2.45, 2.75) is 84.2 Å². The number of aldehydes is 1. The van der Waals surface area contributed by atoms with Crippen LogP contribution in [0.4, 0.5) is 10.9 Å². The monoisotopic (exact) mass is 700 g/mol. The highest BCUT2D eigenvalue weighted by atomic mass is 32.1. The fourth-order valence-corrected chi connectivity index (χ4v) is 6.89. The number of carbonyl (C=O) groups excluding carboxylic acids is 4. The summed E-state index contributed by atoms with van der Waals surface area (Å²) >= 11 is 1.51. The minimum absolute atomic E-state index is 0.0488. The summed E-state index contributed by atoms with van der Waals surface area (Å²) < 4.78 is 16.7. The van der Waals surface area contributed by atoms with Gasteiger partial charge in [-0.25, -0.2) is 9.97 Å². The molecule has 1 saturated carbocycles. The third kappa shape index (κ3) is 11.8. The predicted molar refractivity (Wildman–Crippen MR) is 187 cm³/mol. The van der Waals surface area contributed by atoms with Crippen molar-refractivity contribution < 1.29 is 33.4 Å². The van der Waals surface area contributed by atoms with Gasteiger partial charge in [0.25, 0.3) is 0 Å². The number of anilines is 2. The molecule has 270 valence electrons. The van der Waals surface area contributed by atoms with Gasteiger partial charge in [-0.1, -0.05) is 46.1 Å². The molecule has 2 fully saturated rings. The van der Waals surface area contributed by atoms with Crippen LogP contribution in [0.1, 0.15) is 71.4 Å². The summed E-state index contributed by atoms with van der Waals surface area (Å²) in [6.07, 6.45) is 9.39. The van der Waals surface area contributed by atoms with Crippen LogP contribution in [0.2, 0.25) is 0 Å². The molecule has 0 radical (unpaired) electrons. The highest BCUT2D eigenvalue weighted by Crippen LogP contribution is 2.39. The lowest BCUT2D eigenvalue weighted by molar-refractivity contribution is -0.142. The van der Waals surface area contributed by atoms with Gasteiger partial charge in [0.2, 0.25) is 17.7 Å². The summed E-state index contributed by atoms with van der Waals surface area (Å²) in [4.78, 5) is 61.1. The van der Waals surface area contributed by atoms with Crippen LogP contribution in [0, 0.1) is 10.8 Å². The molecule has 3 heterocycles. The normalized spacial score (nSPS) is 18.1. The van der Waals surface area contributed by atoms with Crippen LogP contribution in [-0.2, 0) is 39.8 Å². The second kappa shape index (κ2) is 19.1. The number of aromatic nitrogens is 2. The van der Waals surface area contributed by atoms with E-state index in [1.807, 2.05) is 44.4 Å². The second-order valence-electron chi connectivity index (χ2n) is 13.8. The third-order valence-corrected chi connectivity index (χ3v) is 9.64. The first kappa shape index (κ1) is 38.3. The minimum Gasteiger partial charge on any atom is -0.377 e. The van der Waals surface area contributed by atoms with Gasteiger partial charge in [-0.2, -0.15) is 0 Å². The lowest BCUT2D eigenvalue weighted by Crippen LogP contribution is -2.56. The zero-order chi connectivity index (χ0) is 35.1. The molecule has 0 spiro atoms. The molecule has 2 aliphatic rings. The number of ether oxygens (including phenoxy) is 3. The number of hydrogen-bond donors (Lipinski definition) is 3. The quantitative estimate of drug-likeness (QED) is 0.146. The van der Waals surface area contributed by atoms with Crippen molar-refractivity contribution in [2.75, 3.05) is 58.0 Å². The number of nitrogens with one attached hydrogen (secondary N) is 3. The van der Waals surface area contributed by atoms with E-state index in [1.54, 1.807) is 11.1 Å². The van der Waals surface area contributed by atoms with Gasteiger partial charge in [-0.15, -0.1) is 11.3 Å². The van der Waals surface area contributed by atoms with E-state index in [0.717, 1.165) is 61.5 Å². The van der Waals surface area contributed by atoms with E-state index >= 15 is 0 Å². The minimum atomic E-state index is -0.762. The van der Waals surface area contributed by atoms with E-state index in [2.05, 4.69) is 20.9 Å². The summed E-state index contributed by atoms with van der Waals surface area (Å²) in [5.74, 6) is 0.125. The maximum atomic E-state index is 13.5. The second-order valence-corrected chi connectivity index (χ2v) is 14.7. The van der Waals surface area contributed by atoms with Crippen molar-refractivity contribution in [2.24, 2.45) is 10.8 Å². The Morgan fingerprint density at radius 2 is 1.78 bits per heavy atom. The van der Waals surface area contributed by atoms with Crippen molar-refractivity contribution >= 4 is 46.3 Å². The van der Waals surface area contributed by atoms with Gasteiger partial charge in [0.15, 0.2) is 5.13 Å². The lowest BCUT2D eigenvalue weighted by atomic mass is 9.70. The molecule has 0 bridgehead atoms. The number of likely N-dealkylation sites (tertiary alicyclic amines) is 1. The molecular formula is C35H52N6O7S. The Hall–Kier alpha value is -3.46. The van der Waals surface area contributed by atoms with E-state index in [9.17, 15) is 19.2 Å². The number of pyridine rings is 1. The first-order valence-corrected chi connectivity index (χ1v) is 18.2. The first-order valence-electron chi connectivity index (χ1n) is 17.3. The topological polar surface area (TPSA) is 161 Å². The van der Waals surface area contributed by atoms with Crippen LogP contribution >= 0.6 is 11.3 Å². The molecule has 14 heteroatoms. The highest BCUT2D eigenvalue weighted by Gasteiger charge is 2.40. The Morgan fingerprint density at radius 1 is 1.04 bits per heavy atom. The summed E-state index contributed by atoms with van der Waals surface area (Å²) in [5.41, 5.74) is -0.134. The molecule has 1 aliphatic carbocycles. The summed E-state index contributed by atoms with van der Waals surface area (Å²) in [5, 5.41) is 11.8. The van der Waals surface area contributed by atoms with Crippen LogP contribution in [-0.4, -0.2) is 104 Å². The van der Waals surface area contributed by atoms with Crippen molar-refractivity contribution in [3.8, 4) is 0 Å². The fraction of sp³-hybridized carbons (Fsp3) is 0.657. The average Bonchev–Trinajstić information content (AvgIpc) is 3.78. The molecule has 49 heavy (non-hydrogen) atoms. The summed E-state index contributed by atoms with van der Waals surface area (Å²) in [7, 11) is 0. The van der Waals surface area contributed by atoms with Gasteiger partial charge in [0, 0.05) is 36.8 Å².